The Hall–Kier alpha value is -4.47. The predicted octanol–water partition coefficient (Wildman–Crippen LogP) is 5.04. The third kappa shape index (κ3) is 7.13. The average molecular weight is 539 g/mol. The van der Waals surface area contributed by atoms with E-state index in [1.54, 1.807) is 30.5 Å². The number of carbonyl (C=O) groups is 2. The second-order valence-electron chi connectivity index (χ2n) is 9.82. The largest absolute Gasteiger partial charge is 0.397 e. The summed E-state index contributed by atoms with van der Waals surface area (Å²) in [6, 6.07) is 23.4. The van der Waals surface area contributed by atoms with Crippen molar-refractivity contribution < 1.29 is 14.3 Å². The molecule has 1 aliphatic heterocycles. The fourth-order valence-corrected chi connectivity index (χ4v) is 4.82. The Labute approximate surface area is 233 Å². The van der Waals surface area contributed by atoms with Gasteiger partial charge in [0.15, 0.2) is 0 Å². The summed E-state index contributed by atoms with van der Waals surface area (Å²) < 4.78 is 5.46. The lowest BCUT2D eigenvalue weighted by atomic mass is 10.00. The Morgan fingerprint density at radius 1 is 0.950 bits per heavy atom. The fourth-order valence-electron chi connectivity index (χ4n) is 4.82. The van der Waals surface area contributed by atoms with E-state index in [0.717, 1.165) is 62.2 Å². The lowest BCUT2D eigenvalue weighted by Gasteiger charge is -2.27. The van der Waals surface area contributed by atoms with E-state index in [4.69, 9.17) is 10.5 Å². The third-order valence-corrected chi connectivity index (χ3v) is 7.02. The van der Waals surface area contributed by atoms with Crippen LogP contribution in [0.5, 0.6) is 0 Å². The van der Waals surface area contributed by atoms with Gasteiger partial charge in [-0.15, -0.1) is 0 Å². The van der Waals surface area contributed by atoms with Gasteiger partial charge in [-0.25, -0.2) is 4.79 Å². The maximum Gasteiger partial charge on any atom is 0.319 e. The van der Waals surface area contributed by atoms with Crippen molar-refractivity contribution in [3.63, 3.8) is 0 Å². The number of nitrogens with two attached hydrogens (primary N) is 1. The molecule has 3 aromatic carbocycles. The predicted molar refractivity (Wildman–Crippen MR) is 158 cm³/mol. The molecule has 0 spiro atoms. The minimum absolute atomic E-state index is 0.231. The van der Waals surface area contributed by atoms with E-state index >= 15 is 0 Å². The van der Waals surface area contributed by atoms with Gasteiger partial charge in [-0.2, -0.15) is 0 Å². The second kappa shape index (κ2) is 13.1. The molecule has 4 aromatic rings. The van der Waals surface area contributed by atoms with Crippen LogP contribution in [0.25, 0.3) is 10.9 Å². The number of anilines is 3. The number of rotatable bonds is 9. The van der Waals surface area contributed by atoms with Crippen LogP contribution in [-0.4, -0.2) is 54.7 Å². The van der Waals surface area contributed by atoms with E-state index in [2.05, 4.69) is 25.8 Å². The first-order valence-electron chi connectivity index (χ1n) is 13.5. The summed E-state index contributed by atoms with van der Waals surface area (Å²) in [5.74, 6) is -0.246. The number of morpholine rings is 1. The Kier molecular flexibility index (Phi) is 8.85. The van der Waals surface area contributed by atoms with E-state index < -0.39 is 0 Å². The normalized spacial score (nSPS) is 14.4. The monoisotopic (exact) mass is 538 g/mol. The Morgan fingerprint density at radius 3 is 2.55 bits per heavy atom. The smallest absolute Gasteiger partial charge is 0.319 e. The molecule has 40 heavy (non-hydrogen) atoms. The number of hydrogen-bond donors (Lipinski definition) is 4. The summed E-state index contributed by atoms with van der Waals surface area (Å²) >= 11 is 0. The van der Waals surface area contributed by atoms with Gasteiger partial charge in [-0.1, -0.05) is 30.3 Å². The summed E-state index contributed by atoms with van der Waals surface area (Å²) in [4.78, 5) is 32.6. The van der Waals surface area contributed by atoms with Crippen molar-refractivity contribution in [2.45, 2.75) is 18.9 Å². The molecule has 3 amide bonds. The van der Waals surface area contributed by atoms with Crippen LogP contribution >= 0.6 is 0 Å². The number of benzene rings is 3. The number of para-hydroxylation sites is 2. The molecule has 5 N–H and O–H groups in total. The molecule has 1 unspecified atom stereocenters. The molecule has 1 fully saturated rings. The molecule has 2 heterocycles. The van der Waals surface area contributed by atoms with Crippen molar-refractivity contribution in [3.8, 4) is 0 Å². The standard InChI is InChI=1S/C31H34N6O3/c32-26-6-1-2-7-29(26)35-30(38)23-11-9-22(10-12-23)28(8-4-16-37-17-19-40-20-18-37)36-31(39)34-25-13-14-27-24(21-25)5-3-15-33-27/h1-3,5-7,9-15,21,28H,4,8,16-20,32H2,(H,35,38)(H2,34,36,39). The van der Waals surface area contributed by atoms with Gasteiger partial charge in [0.2, 0.25) is 0 Å². The molecule has 1 saturated heterocycles. The van der Waals surface area contributed by atoms with E-state index in [9.17, 15) is 9.59 Å². The van der Waals surface area contributed by atoms with Crippen molar-refractivity contribution in [2.75, 3.05) is 49.2 Å². The van der Waals surface area contributed by atoms with Gasteiger partial charge in [0.05, 0.1) is 36.1 Å². The van der Waals surface area contributed by atoms with E-state index in [1.165, 1.54) is 0 Å². The van der Waals surface area contributed by atoms with Gasteiger partial charge in [0.1, 0.15) is 0 Å². The lowest BCUT2D eigenvalue weighted by molar-refractivity contribution is 0.0369. The van der Waals surface area contributed by atoms with Gasteiger partial charge < -0.3 is 26.4 Å². The molecule has 0 radical (unpaired) electrons. The van der Waals surface area contributed by atoms with Crippen LogP contribution in [-0.2, 0) is 4.74 Å². The summed E-state index contributed by atoms with van der Waals surface area (Å²) in [7, 11) is 0. The molecule has 206 valence electrons. The minimum Gasteiger partial charge on any atom is -0.397 e. The van der Waals surface area contributed by atoms with E-state index in [0.29, 0.717) is 22.6 Å². The summed E-state index contributed by atoms with van der Waals surface area (Å²) in [5, 5.41) is 9.90. The van der Waals surface area contributed by atoms with Crippen LogP contribution in [0.2, 0.25) is 0 Å². The zero-order valence-corrected chi connectivity index (χ0v) is 22.3. The molecule has 0 bridgehead atoms. The van der Waals surface area contributed by atoms with Crippen LogP contribution in [0.15, 0.2) is 85.1 Å². The Morgan fingerprint density at radius 2 is 1.75 bits per heavy atom. The van der Waals surface area contributed by atoms with Crippen LogP contribution in [0, 0.1) is 0 Å². The fraction of sp³-hybridized carbons (Fsp3) is 0.258. The summed E-state index contributed by atoms with van der Waals surface area (Å²) in [5.41, 5.74) is 10.0. The van der Waals surface area contributed by atoms with E-state index in [-0.39, 0.29) is 18.0 Å². The van der Waals surface area contributed by atoms with Gasteiger partial charge in [-0.05, 0) is 73.5 Å². The highest BCUT2D eigenvalue weighted by molar-refractivity contribution is 6.05. The summed E-state index contributed by atoms with van der Waals surface area (Å²) in [6.45, 7) is 4.28. The maximum atomic E-state index is 13.1. The number of nitrogen functional groups attached to an aromatic ring is 1. The quantitative estimate of drug-likeness (QED) is 0.222. The summed E-state index contributed by atoms with van der Waals surface area (Å²) in [6.07, 6.45) is 3.40. The first-order chi connectivity index (χ1) is 19.5. The van der Waals surface area contributed by atoms with Crippen molar-refractivity contribution in [1.82, 2.24) is 15.2 Å². The second-order valence-corrected chi connectivity index (χ2v) is 9.82. The van der Waals surface area contributed by atoms with Gasteiger partial charge in [-0.3, -0.25) is 14.7 Å². The van der Waals surface area contributed by atoms with Crippen LogP contribution in [0.1, 0.15) is 34.8 Å². The number of aromatic nitrogens is 1. The number of nitrogens with zero attached hydrogens (tertiary/aromatic N) is 2. The number of pyridine rings is 1. The van der Waals surface area contributed by atoms with Crippen LogP contribution in [0.4, 0.5) is 21.9 Å². The molecule has 0 aliphatic carbocycles. The molecular formula is C31H34N6O3. The van der Waals surface area contributed by atoms with Crippen LogP contribution < -0.4 is 21.7 Å². The van der Waals surface area contributed by atoms with Crippen molar-refractivity contribution in [2.24, 2.45) is 0 Å². The zero-order valence-electron chi connectivity index (χ0n) is 22.3. The number of amides is 3. The first-order valence-corrected chi connectivity index (χ1v) is 13.5. The topological polar surface area (TPSA) is 122 Å². The number of fused-ring (bicyclic) bond motifs is 1. The highest BCUT2D eigenvalue weighted by atomic mass is 16.5. The highest BCUT2D eigenvalue weighted by Gasteiger charge is 2.18. The zero-order chi connectivity index (χ0) is 27.7. The van der Waals surface area contributed by atoms with E-state index in [1.807, 2.05) is 54.6 Å². The third-order valence-electron chi connectivity index (χ3n) is 7.02. The van der Waals surface area contributed by atoms with Crippen molar-refractivity contribution in [1.29, 1.82) is 0 Å². The Bertz CT molecular complexity index is 1450. The van der Waals surface area contributed by atoms with Gasteiger partial charge in [0, 0.05) is 35.9 Å². The molecule has 0 saturated carbocycles. The number of urea groups is 1. The number of ether oxygens (including phenoxy) is 1. The molecule has 1 atom stereocenters. The molecule has 1 aliphatic rings. The van der Waals surface area contributed by atoms with Crippen molar-refractivity contribution in [3.05, 3.63) is 96.2 Å². The highest BCUT2D eigenvalue weighted by Crippen LogP contribution is 2.23. The SMILES string of the molecule is Nc1ccccc1NC(=O)c1ccc(C(CCCN2CCOCC2)NC(=O)Nc2ccc3ncccc3c2)cc1. The average Bonchev–Trinajstić information content (AvgIpc) is 2.98. The number of carbonyl (C=O) groups excluding carboxylic acids is 2. The Balaban J connectivity index is 1.26. The number of nitrogens with one attached hydrogen (secondary N) is 3. The van der Waals surface area contributed by atoms with Gasteiger partial charge >= 0.3 is 6.03 Å². The van der Waals surface area contributed by atoms with Crippen molar-refractivity contribution >= 4 is 39.9 Å². The van der Waals surface area contributed by atoms with Gasteiger partial charge in [0.25, 0.3) is 5.91 Å². The first kappa shape index (κ1) is 27.1. The molecule has 9 nitrogen and oxygen atoms in total. The minimum atomic E-state index is -0.291. The molecule has 5 rings (SSSR count). The molecular weight excluding hydrogens is 504 g/mol. The van der Waals surface area contributed by atoms with Crippen LogP contribution in [0.3, 0.4) is 0 Å². The number of hydrogen-bond acceptors (Lipinski definition) is 6. The maximum absolute atomic E-state index is 13.1. The lowest BCUT2D eigenvalue weighted by Crippen LogP contribution is -2.37. The molecule has 9 heteroatoms. The molecule has 1 aromatic heterocycles.